The number of aldehydes is 1. The van der Waals surface area contributed by atoms with E-state index in [2.05, 4.69) is 18.2 Å². The number of nitrogens with zero attached hydrogens (tertiary/aromatic N) is 2. The molecular weight excluding hydrogens is 384 g/mol. The highest BCUT2D eigenvalue weighted by Crippen LogP contribution is 2.39. The minimum atomic E-state index is -0.815. The topological polar surface area (TPSA) is 86.7 Å². The SMILES string of the molecule is C=CCO[C@@H]1[C@H]2N=C(N(C)C(=O)OC(C)(C)C)S[C@H]2O[C@H](C=O)[C@H]1OCC=C. The van der Waals surface area contributed by atoms with Crippen molar-refractivity contribution in [2.75, 3.05) is 20.3 Å². The van der Waals surface area contributed by atoms with Gasteiger partial charge in [-0.25, -0.2) is 4.79 Å². The summed E-state index contributed by atoms with van der Waals surface area (Å²) in [5, 5.41) is 0.436. The van der Waals surface area contributed by atoms with Gasteiger partial charge in [0.1, 0.15) is 35.4 Å². The molecule has 0 aromatic rings. The summed E-state index contributed by atoms with van der Waals surface area (Å²) in [7, 11) is 1.58. The lowest BCUT2D eigenvalue weighted by Crippen LogP contribution is -2.57. The molecule has 1 fully saturated rings. The third-order valence-electron chi connectivity index (χ3n) is 3.94. The van der Waals surface area contributed by atoms with Gasteiger partial charge in [0.2, 0.25) is 0 Å². The maximum atomic E-state index is 12.4. The van der Waals surface area contributed by atoms with Crippen LogP contribution in [0.5, 0.6) is 0 Å². The zero-order chi connectivity index (χ0) is 20.9. The van der Waals surface area contributed by atoms with E-state index >= 15 is 0 Å². The Morgan fingerprint density at radius 2 is 1.86 bits per heavy atom. The van der Waals surface area contributed by atoms with Gasteiger partial charge in [0.05, 0.1) is 13.2 Å². The maximum Gasteiger partial charge on any atom is 0.416 e. The molecule has 2 aliphatic heterocycles. The Kier molecular flexibility index (Phi) is 7.82. The smallest absolute Gasteiger partial charge is 0.416 e. The first-order valence-corrected chi connectivity index (χ1v) is 9.86. The van der Waals surface area contributed by atoms with Crippen molar-refractivity contribution in [3.05, 3.63) is 25.3 Å². The lowest BCUT2D eigenvalue weighted by molar-refractivity contribution is -0.182. The van der Waals surface area contributed by atoms with Crippen molar-refractivity contribution in [1.29, 1.82) is 0 Å². The van der Waals surface area contributed by atoms with Gasteiger partial charge in [0.15, 0.2) is 11.5 Å². The molecule has 28 heavy (non-hydrogen) atoms. The molecule has 156 valence electrons. The van der Waals surface area contributed by atoms with Crippen LogP contribution in [0, 0.1) is 0 Å². The Labute approximate surface area is 169 Å². The first-order chi connectivity index (χ1) is 13.2. The molecule has 5 atom stereocenters. The van der Waals surface area contributed by atoms with Crippen LogP contribution in [0.4, 0.5) is 4.79 Å². The zero-order valence-electron chi connectivity index (χ0n) is 16.7. The highest BCUT2D eigenvalue weighted by molar-refractivity contribution is 8.14. The van der Waals surface area contributed by atoms with Gasteiger partial charge in [0, 0.05) is 7.05 Å². The van der Waals surface area contributed by atoms with Gasteiger partial charge < -0.3 is 23.7 Å². The summed E-state index contributed by atoms with van der Waals surface area (Å²) in [5.74, 6) is 0. The lowest BCUT2D eigenvalue weighted by Gasteiger charge is -2.40. The predicted octanol–water partition coefficient (Wildman–Crippen LogP) is 2.39. The molecule has 0 spiro atoms. The van der Waals surface area contributed by atoms with Gasteiger partial charge >= 0.3 is 6.09 Å². The van der Waals surface area contributed by atoms with E-state index in [0.29, 0.717) is 11.5 Å². The number of hydrogen-bond donors (Lipinski definition) is 0. The van der Waals surface area contributed by atoms with Gasteiger partial charge in [-0.2, -0.15) is 0 Å². The van der Waals surface area contributed by atoms with E-state index in [1.807, 2.05) is 0 Å². The Bertz CT molecular complexity index is 632. The van der Waals surface area contributed by atoms with Crippen molar-refractivity contribution in [2.45, 2.75) is 56.2 Å². The summed E-state index contributed by atoms with van der Waals surface area (Å²) >= 11 is 1.25. The minimum absolute atomic E-state index is 0.241. The molecule has 0 saturated carbocycles. The summed E-state index contributed by atoms with van der Waals surface area (Å²) in [6.45, 7) is 13.2. The van der Waals surface area contributed by atoms with E-state index in [4.69, 9.17) is 18.9 Å². The van der Waals surface area contributed by atoms with Gasteiger partial charge in [-0.15, -0.1) is 13.2 Å². The van der Waals surface area contributed by atoms with E-state index in [9.17, 15) is 9.59 Å². The second-order valence-electron chi connectivity index (χ2n) is 7.34. The number of carbonyl (C=O) groups excluding carboxylic acids is 2. The molecule has 2 aliphatic rings. The van der Waals surface area contributed by atoms with Crippen LogP contribution in [-0.2, 0) is 23.7 Å². The number of amidine groups is 1. The van der Waals surface area contributed by atoms with Crippen LogP contribution >= 0.6 is 11.8 Å². The van der Waals surface area contributed by atoms with Crippen LogP contribution in [0.15, 0.2) is 30.3 Å². The van der Waals surface area contributed by atoms with Crippen LogP contribution in [0.25, 0.3) is 0 Å². The van der Waals surface area contributed by atoms with E-state index in [-0.39, 0.29) is 13.2 Å². The number of fused-ring (bicyclic) bond motifs is 1. The highest BCUT2D eigenvalue weighted by atomic mass is 32.2. The fourth-order valence-corrected chi connectivity index (χ4v) is 3.93. The summed E-state index contributed by atoms with van der Waals surface area (Å²) in [6.07, 6.45) is 1.38. The third kappa shape index (κ3) is 5.44. The maximum absolute atomic E-state index is 12.4. The molecule has 2 rings (SSSR count). The molecule has 0 bridgehead atoms. The third-order valence-corrected chi connectivity index (χ3v) is 5.15. The Balaban J connectivity index is 2.23. The number of ether oxygens (including phenoxy) is 4. The highest BCUT2D eigenvalue weighted by Gasteiger charge is 2.51. The van der Waals surface area contributed by atoms with Crippen molar-refractivity contribution in [3.63, 3.8) is 0 Å². The van der Waals surface area contributed by atoms with E-state index in [1.54, 1.807) is 40.0 Å². The first kappa shape index (κ1) is 22.6. The molecule has 0 radical (unpaired) electrons. The van der Waals surface area contributed by atoms with Crippen molar-refractivity contribution in [2.24, 2.45) is 4.99 Å². The average molecular weight is 413 g/mol. The van der Waals surface area contributed by atoms with Crippen LogP contribution < -0.4 is 0 Å². The fraction of sp³-hybridized carbons (Fsp3) is 0.632. The predicted molar refractivity (Wildman–Crippen MR) is 107 cm³/mol. The Morgan fingerprint density at radius 3 is 2.39 bits per heavy atom. The lowest BCUT2D eigenvalue weighted by atomic mass is 9.98. The van der Waals surface area contributed by atoms with Crippen molar-refractivity contribution < 1.29 is 28.5 Å². The number of rotatable bonds is 7. The van der Waals surface area contributed by atoms with E-state index in [1.165, 1.54) is 16.7 Å². The van der Waals surface area contributed by atoms with Crippen molar-refractivity contribution >= 4 is 29.3 Å². The summed E-state index contributed by atoms with van der Waals surface area (Å²) in [4.78, 5) is 29.9. The molecule has 9 heteroatoms. The quantitative estimate of drug-likeness (QED) is 0.469. The Morgan fingerprint density at radius 1 is 1.25 bits per heavy atom. The number of amides is 1. The molecular formula is C19H28N2O6S. The number of thioether (sulfide) groups is 1. The molecule has 1 saturated heterocycles. The molecule has 1 amide bonds. The molecule has 8 nitrogen and oxygen atoms in total. The second kappa shape index (κ2) is 9.69. The Hall–Kier alpha value is -1.68. The van der Waals surface area contributed by atoms with E-state index in [0.717, 1.165) is 0 Å². The molecule has 2 heterocycles. The van der Waals surface area contributed by atoms with Crippen LogP contribution in [-0.4, -0.2) is 78.1 Å². The number of carbonyl (C=O) groups is 2. The largest absolute Gasteiger partial charge is 0.443 e. The average Bonchev–Trinajstić information content (AvgIpc) is 3.05. The summed E-state index contributed by atoms with van der Waals surface area (Å²) in [6, 6.07) is -0.448. The monoisotopic (exact) mass is 412 g/mol. The number of hydrogen-bond acceptors (Lipinski definition) is 8. The van der Waals surface area contributed by atoms with Crippen molar-refractivity contribution in [3.8, 4) is 0 Å². The van der Waals surface area contributed by atoms with Crippen LogP contribution in [0.3, 0.4) is 0 Å². The van der Waals surface area contributed by atoms with Crippen molar-refractivity contribution in [1.82, 2.24) is 4.90 Å². The second-order valence-corrected chi connectivity index (χ2v) is 8.40. The van der Waals surface area contributed by atoms with E-state index < -0.39 is 41.5 Å². The molecule has 0 aromatic heterocycles. The summed E-state index contributed by atoms with van der Waals surface area (Å²) in [5.41, 5.74) is -1.10. The molecule has 0 aromatic carbocycles. The van der Waals surface area contributed by atoms with Gasteiger partial charge in [-0.1, -0.05) is 23.9 Å². The van der Waals surface area contributed by atoms with Gasteiger partial charge in [-0.05, 0) is 20.8 Å². The number of aliphatic imine (C=N–C) groups is 1. The standard InChI is InChI=1S/C19H28N2O6S/c1-7-9-24-14-12(11-22)26-16-13(15(14)25-10-8-2)20-17(28-16)21(6)18(23)27-19(3,4)5/h7-8,11-16H,1-2,9-10H2,3-6H3/t12-,13-,14-,15-,16-/m1/s1. The normalized spacial score (nSPS) is 29.4. The van der Waals surface area contributed by atoms with Crippen LogP contribution in [0.1, 0.15) is 20.8 Å². The summed E-state index contributed by atoms with van der Waals surface area (Å²) < 4.78 is 22.9. The van der Waals surface area contributed by atoms with Crippen LogP contribution in [0.2, 0.25) is 0 Å². The zero-order valence-corrected chi connectivity index (χ0v) is 17.5. The molecule has 0 N–H and O–H groups in total. The van der Waals surface area contributed by atoms with Gasteiger partial charge in [0.25, 0.3) is 0 Å². The van der Waals surface area contributed by atoms with Gasteiger partial charge in [-0.3, -0.25) is 9.89 Å². The minimum Gasteiger partial charge on any atom is -0.443 e. The molecule has 0 unspecified atom stereocenters. The first-order valence-electron chi connectivity index (χ1n) is 8.98. The molecule has 0 aliphatic carbocycles. The fourth-order valence-electron chi connectivity index (χ4n) is 2.77.